The van der Waals surface area contributed by atoms with Gasteiger partial charge in [-0.2, -0.15) is 0 Å². The van der Waals surface area contributed by atoms with E-state index in [0.29, 0.717) is 0 Å². The molecule has 0 bridgehead atoms. The van der Waals surface area contributed by atoms with Gasteiger partial charge in [-0.1, -0.05) is 6.07 Å². The summed E-state index contributed by atoms with van der Waals surface area (Å²) in [5, 5.41) is 8.89. The number of benzene rings is 1. The van der Waals surface area contributed by atoms with Crippen molar-refractivity contribution in [3.05, 3.63) is 29.3 Å². The summed E-state index contributed by atoms with van der Waals surface area (Å²) in [4.78, 5) is 10.8. The average Bonchev–Trinajstić information content (AvgIpc) is 2.28. The number of rotatable bonds is 3. The van der Waals surface area contributed by atoms with E-state index < -0.39 is 5.97 Å². The van der Waals surface area contributed by atoms with Crippen molar-refractivity contribution in [3.63, 3.8) is 0 Å². The van der Waals surface area contributed by atoms with E-state index in [2.05, 4.69) is 6.07 Å². The minimum Gasteiger partial charge on any atom is -0.497 e. The van der Waals surface area contributed by atoms with Gasteiger partial charge in [-0.15, -0.1) is 0 Å². The Morgan fingerprint density at radius 1 is 1.56 bits per heavy atom. The van der Waals surface area contributed by atoms with Crippen LogP contribution in [-0.2, 0) is 11.2 Å². The van der Waals surface area contributed by atoms with E-state index in [4.69, 9.17) is 9.84 Å². The molecular formula is C13H16O3. The summed E-state index contributed by atoms with van der Waals surface area (Å²) in [5.74, 6) is 0.244. The van der Waals surface area contributed by atoms with Gasteiger partial charge in [-0.3, -0.25) is 4.79 Å². The van der Waals surface area contributed by atoms with Crippen LogP contribution >= 0.6 is 0 Å². The molecule has 86 valence electrons. The van der Waals surface area contributed by atoms with Crippen LogP contribution in [0.5, 0.6) is 5.75 Å². The maximum Gasteiger partial charge on any atom is 0.303 e. The minimum absolute atomic E-state index is 0.149. The van der Waals surface area contributed by atoms with Gasteiger partial charge in [-0.05, 0) is 48.4 Å². The van der Waals surface area contributed by atoms with Crippen LogP contribution in [0.4, 0.5) is 0 Å². The molecule has 3 nitrogen and oxygen atoms in total. The van der Waals surface area contributed by atoms with Crippen LogP contribution in [0.25, 0.3) is 0 Å². The number of aliphatic carboxylic acids is 1. The molecule has 0 saturated heterocycles. The lowest BCUT2D eigenvalue weighted by molar-refractivity contribution is -0.137. The van der Waals surface area contributed by atoms with E-state index in [1.54, 1.807) is 7.11 Å². The van der Waals surface area contributed by atoms with E-state index in [0.717, 1.165) is 30.6 Å². The summed E-state index contributed by atoms with van der Waals surface area (Å²) in [6.45, 7) is 0. The molecule has 0 spiro atoms. The largest absolute Gasteiger partial charge is 0.497 e. The third-order valence-corrected chi connectivity index (χ3v) is 3.21. The molecule has 0 fully saturated rings. The van der Waals surface area contributed by atoms with Crippen molar-refractivity contribution < 1.29 is 14.6 Å². The SMILES string of the molecule is COc1ccc2c(c1)[C@H](CC(=O)O)CCC2. The molecule has 1 aromatic carbocycles. The molecule has 1 aromatic rings. The van der Waals surface area contributed by atoms with Gasteiger partial charge in [0.05, 0.1) is 13.5 Å². The van der Waals surface area contributed by atoms with Crippen molar-refractivity contribution in [2.75, 3.05) is 7.11 Å². The number of hydrogen-bond donors (Lipinski definition) is 1. The van der Waals surface area contributed by atoms with Crippen molar-refractivity contribution in [3.8, 4) is 5.75 Å². The molecule has 3 heteroatoms. The van der Waals surface area contributed by atoms with E-state index in [9.17, 15) is 4.79 Å². The van der Waals surface area contributed by atoms with Crippen molar-refractivity contribution in [2.45, 2.75) is 31.6 Å². The zero-order chi connectivity index (χ0) is 11.5. The normalized spacial score (nSPS) is 18.9. The first-order valence-corrected chi connectivity index (χ1v) is 5.59. The summed E-state index contributed by atoms with van der Waals surface area (Å²) in [6, 6.07) is 5.99. The van der Waals surface area contributed by atoms with Gasteiger partial charge in [0.2, 0.25) is 0 Å². The van der Waals surface area contributed by atoms with Crippen LogP contribution in [0, 0.1) is 0 Å². The summed E-state index contributed by atoms with van der Waals surface area (Å²) < 4.78 is 5.19. The third-order valence-electron chi connectivity index (χ3n) is 3.21. The molecule has 0 radical (unpaired) electrons. The second kappa shape index (κ2) is 4.56. The Bertz CT molecular complexity index is 398. The van der Waals surface area contributed by atoms with Gasteiger partial charge >= 0.3 is 5.97 Å². The second-order valence-corrected chi connectivity index (χ2v) is 4.25. The Labute approximate surface area is 95.0 Å². The van der Waals surface area contributed by atoms with E-state index >= 15 is 0 Å². The minimum atomic E-state index is -0.722. The second-order valence-electron chi connectivity index (χ2n) is 4.25. The number of carboxylic acids is 1. The maximum atomic E-state index is 10.8. The summed E-state index contributed by atoms with van der Waals surface area (Å²) in [7, 11) is 1.64. The van der Waals surface area contributed by atoms with Crippen LogP contribution in [-0.4, -0.2) is 18.2 Å². The van der Waals surface area contributed by atoms with Crippen LogP contribution in [0.2, 0.25) is 0 Å². The Morgan fingerprint density at radius 2 is 2.38 bits per heavy atom. The van der Waals surface area contributed by atoms with Crippen LogP contribution in [0.15, 0.2) is 18.2 Å². The Kier molecular flexibility index (Phi) is 3.13. The van der Waals surface area contributed by atoms with Crippen molar-refractivity contribution in [2.24, 2.45) is 0 Å². The molecule has 1 aliphatic rings. The number of ether oxygens (including phenoxy) is 1. The molecule has 0 aliphatic heterocycles. The molecular weight excluding hydrogens is 204 g/mol. The number of methoxy groups -OCH3 is 1. The molecule has 1 atom stereocenters. The number of carbonyl (C=O) groups is 1. The first kappa shape index (κ1) is 11.0. The Hall–Kier alpha value is -1.51. The Morgan fingerprint density at radius 3 is 3.06 bits per heavy atom. The lowest BCUT2D eigenvalue weighted by Crippen LogP contribution is -2.13. The van der Waals surface area contributed by atoms with Gasteiger partial charge < -0.3 is 9.84 Å². The van der Waals surface area contributed by atoms with Gasteiger partial charge in [0.15, 0.2) is 0 Å². The fourth-order valence-corrected chi connectivity index (χ4v) is 2.42. The molecule has 16 heavy (non-hydrogen) atoms. The fourth-order valence-electron chi connectivity index (χ4n) is 2.42. The molecule has 0 aromatic heterocycles. The highest BCUT2D eigenvalue weighted by molar-refractivity contribution is 5.68. The van der Waals surface area contributed by atoms with Crippen LogP contribution < -0.4 is 4.74 Å². The smallest absolute Gasteiger partial charge is 0.303 e. The predicted octanol–water partition coefficient (Wildman–Crippen LogP) is 2.59. The maximum absolute atomic E-state index is 10.8. The monoisotopic (exact) mass is 220 g/mol. The van der Waals surface area contributed by atoms with E-state index in [-0.39, 0.29) is 12.3 Å². The highest BCUT2D eigenvalue weighted by Crippen LogP contribution is 2.35. The Balaban J connectivity index is 2.31. The van der Waals surface area contributed by atoms with Crippen molar-refractivity contribution >= 4 is 5.97 Å². The molecule has 1 aliphatic carbocycles. The summed E-state index contributed by atoms with van der Waals surface area (Å²) in [6.07, 6.45) is 3.32. The molecule has 0 unspecified atom stereocenters. The van der Waals surface area contributed by atoms with Crippen molar-refractivity contribution in [1.82, 2.24) is 0 Å². The quantitative estimate of drug-likeness (QED) is 0.851. The van der Waals surface area contributed by atoms with E-state index in [1.165, 1.54) is 5.56 Å². The molecule has 2 rings (SSSR count). The highest BCUT2D eigenvalue weighted by atomic mass is 16.5. The number of hydrogen-bond acceptors (Lipinski definition) is 2. The van der Waals surface area contributed by atoms with E-state index in [1.807, 2.05) is 12.1 Å². The molecule has 0 heterocycles. The first-order valence-electron chi connectivity index (χ1n) is 5.59. The van der Waals surface area contributed by atoms with Crippen molar-refractivity contribution in [1.29, 1.82) is 0 Å². The first-order chi connectivity index (χ1) is 7.70. The number of carboxylic acid groups (broad SMARTS) is 1. The zero-order valence-corrected chi connectivity index (χ0v) is 9.40. The molecule has 0 amide bonds. The lowest BCUT2D eigenvalue weighted by atomic mass is 9.81. The number of fused-ring (bicyclic) bond motifs is 1. The lowest BCUT2D eigenvalue weighted by Gasteiger charge is -2.24. The highest BCUT2D eigenvalue weighted by Gasteiger charge is 2.22. The van der Waals surface area contributed by atoms with Gasteiger partial charge in [-0.25, -0.2) is 0 Å². The molecule has 1 N–H and O–H groups in total. The van der Waals surface area contributed by atoms with Crippen LogP contribution in [0.1, 0.15) is 36.3 Å². The predicted molar refractivity (Wildman–Crippen MR) is 60.9 cm³/mol. The van der Waals surface area contributed by atoms with Gasteiger partial charge in [0.25, 0.3) is 0 Å². The average molecular weight is 220 g/mol. The standard InChI is InChI=1S/C13H16O3/c1-16-11-6-5-9-3-2-4-10(7-13(14)15)12(9)8-11/h5-6,8,10H,2-4,7H2,1H3,(H,14,15)/t10-/m0/s1. The fraction of sp³-hybridized carbons (Fsp3) is 0.462. The summed E-state index contributed by atoms with van der Waals surface area (Å²) in [5.41, 5.74) is 2.44. The zero-order valence-electron chi connectivity index (χ0n) is 9.40. The summed E-state index contributed by atoms with van der Waals surface area (Å²) >= 11 is 0. The van der Waals surface area contributed by atoms with Gasteiger partial charge in [0.1, 0.15) is 5.75 Å². The topological polar surface area (TPSA) is 46.5 Å². The third kappa shape index (κ3) is 2.18. The number of aryl methyl sites for hydroxylation is 1. The molecule has 0 saturated carbocycles. The van der Waals surface area contributed by atoms with Crippen LogP contribution in [0.3, 0.4) is 0 Å². The van der Waals surface area contributed by atoms with Gasteiger partial charge in [0, 0.05) is 0 Å².